The van der Waals surface area contributed by atoms with Crippen molar-refractivity contribution in [2.75, 3.05) is 7.11 Å². The van der Waals surface area contributed by atoms with Gasteiger partial charge in [-0.05, 0) is 48.5 Å². The molecule has 0 saturated carbocycles. The lowest BCUT2D eigenvalue weighted by atomic mass is 10.1. The van der Waals surface area contributed by atoms with Crippen LogP contribution >= 0.6 is 11.3 Å². The number of para-hydroxylation sites is 1. The number of thiazole rings is 1. The molecule has 29 heavy (non-hydrogen) atoms. The van der Waals surface area contributed by atoms with Gasteiger partial charge in [0.15, 0.2) is 0 Å². The van der Waals surface area contributed by atoms with E-state index in [-0.39, 0.29) is 5.52 Å². The molecule has 0 spiro atoms. The molecule has 3 aromatic carbocycles. The predicted molar refractivity (Wildman–Crippen MR) is 109 cm³/mol. The average molecular weight is 410 g/mol. The Balaban J connectivity index is 1.66. The summed E-state index contributed by atoms with van der Waals surface area (Å²) in [5, 5.41) is 2.06. The van der Waals surface area contributed by atoms with Gasteiger partial charge < -0.3 is 4.74 Å². The summed E-state index contributed by atoms with van der Waals surface area (Å²) in [5.41, 5.74) is 1.53. The van der Waals surface area contributed by atoms with Crippen LogP contribution in [0.2, 0.25) is 0 Å². The molecule has 5 aromatic rings. The summed E-state index contributed by atoms with van der Waals surface area (Å²) in [6.07, 6.45) is -4.44. The summed E-state index contributed by atoms with van der Waals surface area (Å²) < 4.78 is 46.2. The van der Waals surface area contributed by atoms with E-state index < -0.39 is 11.7 Å². The fraction of sp³-hybridized carbons (Fsp3) is 0.0909. The number of fused-ring (bicyclic) bond motifs is 3. The van der Waals surface area contributed by atoms with E-state index in [1.807, 2.05) is 30.3 Å². The summed E-state index contributed by atoms with van der Waals surface area (Å²) in [4.78, 5) is 8.96. The number of alkyl halides is 3. The minimum absolute atomic E-state index is 0.0349. The van der Waals surface area contributed by atoms with Crippen molar-refractivity contribution in [3.05, 3.63) is 66.2 Å². The van der Waals surface area contributed by atoms with Gasteiger partial charge in [0.25, 0.3) is 0 Å². The van der Waals surface area contributed by atoms with Crippen LogP contribution in [0.5, 0.6) is 5.75 Å². The van der Waals surface area contributed by atoms with Gasteiger partial charge in [0.2, 0.25) is 0 Å². The number of ether oxygens (including phenoxy) is 1. The Labute approximate surface area is 167 Å². The topological polar surface area (TPSA) is 35.0 Å². The van der Waals surface area contributed by atoms with Gasteiger partial charge in [-0.15, -0.1) is 11.3 Å². The van der Waals surface area contributed by atoms with E-state index in [1.165, 1.54) is 17.4 Å². The molecule has 0 saturated heterocycles. The van der Waals surface area contributed by atoms with Crippen LogP contribution in [0.1, 0.15) is 5.56 Å². The van der Waals surface area contributed by atoms with E-state index in [1.54, 1.807) is 25.3 Å². The highest BCUT2D eigenvalue weighted by molar-refractivity contribution is 7.21. The molecule has 0 fully saturated rings. The van der Waals surface area contributed by atoms with Crippen molar-refractivity contribution in [3.63, 3.8) is 0 Å². The van der Waals surface area contributed by atoms with Crippen LogP contribution in [0.3, 0.4) is 0 Å². The summed E-state index contributed by atoms with van der Waals surface area (Å²) >= 11 is 1.54. The number of methoxy groups -OCH3 is 1. The van der Waals surface area contributed by atoms with Crippen LogP contribution in [0.15, 0.2) is 60.7 Å². The van der Waals surface area contributed by atoms with Gasteiger partial charge in [-0.2, -0.15) is 13.2 Å². The van der Waals surface area contributed by atoms with Crippen molar-refractivity contribution in [3.8, 4) is 16.3 Å². The summed E-state index contributed by atoms with van der Waals surface area (Å²) in [5.74, 6) is 0.766. The first-order chi connectivity index (χ1) is 13.9. The Morgan fingerprint density at radius 1 is 0.862 bits per heavy atom. The highest BCUT2D eigenvalue weighted by atomic mass is 32.1. The fourth-order valence-electron chi connectivity index (χ4n) is 3.38. The second-order valence-corrected chi connectivity index (χ2v) is 7.65. The minimum Gasteiger partial charge on any atom is -0.497 e. The van der Waals surface area contributed by atoms with Crippen LogP contribution < -0.4 is 4.74 Å². The van der Waals surface area contributed by atoms with E-state index in [9.17, 15) is 13.2 Å². The fourth-order valence-corrected chi connectivity index (χ4v) is 4.37. The van der Waals surface area contributed by atoms with E-state index in [4.69, 9.17) is 4.74 Å². The van der Waals surface area contributed by atoms with Gasteiger partial charge in [-0.1, -0.05) is 12.1 Å². The monoisotopic (exact) mass is 410 g/mol. The zero-order chi connectivity index (χ0) is 20.2. The average Bonchev–Trinajstić information content (AvgIpc) is 3.13. The van der Waals surface area contributed by atoms with E-state index >= 15 is 0 Å². The molecular weight excluding hydrogens is 397 g/mol. The summed E-state index contributed by atoms with van der Waals surface area (Å²) in [6.45, 7) is 0. The molecule has 144 valence electrons. The van der Waals surface area contributed by atoms with E-state index in [0.29, 0.717) is 10.9 Å². The minimum atomic E-state index is -4.44. The van der Waals surface area contributed by atoms with Crippen molar-refractivity contribution >= 4 is 43.4 Å². The number of halogens is 3. The van der Waals surface area contributed by atoms with Gasteiger partial charge in [0.05, 0.1) is 33.9 Å². The summed E-state index contributed by atoms with van der Waals surface area (Å²) in [6, 6.07) is 17.1. The van der Waals surface area contributed by atoms with Gasteiger partial charge in [0.1, 0.15) is 10.8 Å². The first-order valence-electron chi connectivity index (χ1n) is 8.78. The molecule has 7 heteroatoms. The molecule has 2 aromatic heterocycles. The highest BCUT2D eigenvalue weighted by Crippen LogP contribution is 2.37. The maximum Gasteiger partial charge on any atom is 0.418 e. The third kappa shape index (κ3) is 3.07. The number of rotatable bonds is 2. The first kappa shape index (κ1) is 17.9. The quantitative estimate of drug-likeness (QED) is 0.304. The number of aromatic nitrogens is 2. The van der Waals surface area contributed by atoms with Crippen molar-refractivity contribution in [1.82, 2.24) is 9.97 Å². The highest BCUT2D eigenvalue weighted by Gasteiger charge is 2.33. The Morgan fingerprint density at radius 3 is 2.48 bits per heavy atom. The van der Waals surface area contributed by atoms with Gasteiger partial charge in [-0.25, -0.2) is 9.97 Å². The molecule has 5 rings (SSSR count). The number of hydrogen-bond acceptors (Lipinski definition) is 4. The molecule has 3 nitrogen and oxygen atoms in total. The van der Waals surface area contributed by atoms with Crippen molar-refractivity contribution in [2.24, 2.45) is 0 Å². The second-order valence-electron chi connectivity index (χ2n) is 6.62. The zero-order valence-corrected chi connectivity index (χ0v) is 15.9. The lowest BCUT2D eigenvalue weighted by Crippen LogP contribution is -2.06. The lowest BCUT2D eigenvalue weighted by molar-refractivity contribution is -0.136. The Hall–Kier alpha value is -3.19. The Morgan fingerprint density at radius 2 is 1.69 bits per heavy atom. The Bertz CT molecular complexity index is 1390. The smallest absolute Gasteiger partial charge is 0.418 e. The zero-order valence-electron chi connectivity index (χ0n) is 15.1. The lowest BCUT2D eigenvalue weighted by Gasteiger charge is -2.10. The number of hydrogen-bond donors (Lipinski definition) is 0. The molecule has 0 aliphatic rings. The van der Waals surface area contributed by atoms with Crippen LogP contribution in [-0.2, 0) is 6.18 Å². The molecule has 0 amide bonds. The largest absolute Gasteiger partial charge is 0.497 e. The number of pyridine rings is 1. The maximum absolute atomic E-state index is 13.3. The van der Waals surface area contributed by atoms with Gasteiger partial charge in [-0.3, -0.25) is 0 Å². The van der Waals surface area contributed by atoms with E-state index in [0.717, 1.165) is 38.0 Å². The van der Waals surface area contributed by atoms with E-state index in [2.05, 4.69) is 9.97 Å². The van der Waals surface area contributed by atoms with Crippen molar-refractivity contribution < 1.29 is 17.9 Å². The molecule has 0 radical (unpaired) electrons. The van der Waals surface area contributed by atoms with Gasteiger partial charge in [0, 0.05) is 16.3 Å². The normalized spacial score (nSPS) is 12.1. The van der Waals surface area contributed by atoms with Crippen LogP contribution in [0.25, 0.3) is 42.6 Å². The van der Waals surface area contributed by atoms with Gasteiger partial charge >= 0.3 is 6.18 Å². The van der Waals surface area contributed by atoms with Crippen molar-refractivity contribution in [1.29, 1.82) is 0 Å². The predicted octanol–water partition coefficient (Wildman–Crippen LogP) is 6.69. The summed E-state index contributed by atoms with van der Waals surface area (Å²) in [7, 11) is 1.62. The van der Waals surface area contributed by atoms with Crippen LogP contribution in [0.4, 0.5) is 13.2 Å². The molecule has 2 heterocycles. The SMILES string of the molecule is COc1ccc2nc(-c3ccc4nc5c(C(F)(F)F)cccc5cc4c3)sc2c1. The second kappa shape index (κ2) is 6.42. The molecule has 0 aliphatic carbocycles. The molecule has 0 atom stereocenters. The number of benzene rings is 3. The molecular formula is C22H13F3N2OS. The molecule has 0 N–H and O–H groups in total. The molecule has 0 unspecified atom stereocenters. The van der Waals surface area contributed by atoms with Crippen molar-refractivity contribution in [2.45, 2.75) is 6.18 Å². The van der Waals surface area contributed by atoms with Crippen LogP contribution in [-0.4, -0.2) is 17.1 Å². The molecule has 0 aliphatic heterocycles. The van der Waals surface area contributed by atoms with Crippen LogP contribution in [0, 0.1) is 0 Å². The first-order valence-corrected chi connectivity index (χ1v) is 9.60. The third-order valence-electron chi connectivity index (χ3n) is 4.79. The number of nitrogens with zero attached hydrogens (tertiary/aromatic N) is 2. The Kier molecular flexibility index (Phi) is 3.96. The third-order valence-corrected chi connectivity index (χ3v) is 5.85. The maximum atomic E-state index is 13.3. The molecule has 0 bridgehead atoms. The standard InChI is InChI=1S/C22H13F3N2OS/c1-28-15-6-8-18-19(11-15)29-21(27-18)13-5-7-17-14(10-13)9-12-3-2-4-16(20(12)26-17)22(23,24)25/h2-11H,1H3.